The van der Waals surface area contributed by atoms with Crippen LogP contribution >= 0.6 is 7.60 Å². The molecule has 4 N–H and O–H groups in total. The summed E-state index contributed by atoms with van der Waals surface area (Å²) in [6, 6.07) is 1.38. The lowest BCUT2D eigenvalue weighted by molar-refractivity contribution is 0.0764. The molecule has 0 amide bonds. The Balaban J connectivity index is 0.000000370. The van der Waals surface area contributed by atoms with Crippen molar-refractivity contribution in [3.8, 4) is 0 Å². The number of rotatable bonds is 8. The van der Waals surface area contributed by atoms with Gasteiger partial charge in [0, 0.05) is 12.1 Å². The third kappa shape index (κ3) is 7.81. The van der Waals surface area contributed by atoms with Crippen LogP contribution < -0.4 is 5.73 Å². The highest BCUT2D eigenvalue weighted by Crippen LogP contribution is 2.34. The van der Waals surface area contributed by atoms with Crippen LogP contribution in [0.5, 0.6) is 0 Å². The summed E-state index contributed by atoms with van der Waals surface area (Å²) in [6.07, 6.45) is 1.85. The number of fused-ring (bicyclic) bond motifs is 1. The van der Waals surface area contributed by atoms with E-state index in [0.717, 1.165) is 6.54 Å². The van der Waals surface area contributed by atoms with Gasteiger partial charge in [-0.2, -0.15) is 0 Å². The Bertz CT molecular complexity index is 768. The van der Waals surface area contributed by atoms with E-state index < -0.39 is 20.0 Å². The molecule has 0 spiro atoms. The molecule has 2 heterocycles. The number of anilines is 1. The maximum Gasteiger partial charge on any atom is 0.350 e. The van der Waals surface area contributed by atoms with Crippen molar-refractivity contribution < 1.29 is 19.1 Å². The SMILES string of the molecule is CCN(C(C)C)C(C)C.C[C@H](Cn1cnc2c(N)ncnc21)OCP(=O)(O)O. The molecule has 10 nitrogen and oxygen atoms in total. The maximum atomic E-state index is 10.7. The summed E-state index contributed by atoms with van der Waals surface area (Å²) in [7, 11) is -4.16. The van der Waals surface area contributed by atoms with Crippen LogP contribution in [0.15, 0.2) is 12.7 Å². The zero-order chi connectivity index (χ0) is 21.5. The van der Waals surface area contributed by atoms with Gasteiger partial charge in [0.2, 0.25) is 0 Å². The van der Waals surface area contributed by atoms with E-state index in [1.807, 2.05) is 0 Å². The van der Waals surface area contributed by atoms with Gasteiger partial charge in [-0.25, -0.2) is 15.0 Å². The molecular formula is C17H33N6O4P. The molecule has 0 bridgehead atoms. The number of nitrogens with two attached hydrogens (primary N) is 1. The molecule has 0 saturated heterocycles. The van der Waals surface area contributed by atoms with E-state index in [1.54, 1.807) is 11.5 Å². The number of hydrogen-bond donors (Lipinski definition) is 3. The summed E-state index contributed by atoms with van der Waals surface area (Å²) in [5.41, 5.74) is 6.70. The van der Waals surface area contributed by atoms with Gasteiger partial charge in [-0.3, -0.25) is 9.46 Å². The van der Waals surface area contributed by atoms with E-state index in [9.17, 15) is 4.57 Å². The highest BCUT2D eigenvalue weighted by atomic mass is 31.2. The Morgan fingerprint density at radius 3 is 2.25 bits per heavy atom. The van der Waals surface area contributed by atoms with E-state index in [4.69, 9.17) is 20.3 Å². The number of ether oxygens (including phenoxy) is 1. The fourth-order valence-corrected chi connectivity index (χ4v) is 3.36. The molecule has 0 aliphatic rings. The van der Waals surface area contributed by atoms with Crippen molar-refractivity contribution in [2.24, 2.45) is 0 Å². The first-order valence-electron chi connectivity index (χ1n) is 9.29. The predicted octanol–water partition coefficient (Wildman–Crippen LogP) is 2.07. The fraction of sp³-hybridized carbons (Fsp3) is 0.706. The Kier molecular flexibility index (Phi) is 9.46. The average molecular weight is 416 g/mol. The average Bonchev–Trinajstić information content (AvgIpc) is 2.97. The molecule has 28 heavy (non-hydrogen) atoms. The molecule has 1 atom stereocenters. The fourth-order valence-electron chi connectivity index (χ4n) is 2.91. The van der Waals surface area contributed by atoms with E-state index in [1.165, 1.54) is 12.7 Å². The van der Waals surface area contributed by atoms with Gasteiger partial charge in [0.25, 0.3) is 0 Å². The van der Waals surface area contributed by atoms with Gasteiger partial charge in [-0.1, -0.05) is 6.92 Å². The minimum Gasteiger partial charge on any atom is -0.382 e. The first-order valence-corrected chi connectivity index (χ1v) is 11.1. The van der Waals surface area contributed by atoms with Gasteiger partial charge in [-0.15, -0.1) is 0 Å². The van der Waals surface area contributed by atoms with Crippen LogP contribution in [0.3, 0.4) is 0 Å². The minimum atomic E-state index is -4.16. The minimum absolute atomic E-state index is 0.285. The Hall–Kier alpha value is -1.58. The van der Waals surface area contributed by atoms with Crippen molar-refractivity contribution in [2.75, 3.05) is 18.6 Å². The Labute approximate surface area is 166 Å². The number of nitrogens with zero attached hydrogens (tertiary/aromatic N) is 5. The number of hydrogen-bond acceptors (Lipinski definition) is 7. The highest BCUT2D eigenvalue weighted by Gasteiger charge is 2.17. The van der Waals surface area contributed by atoms with Crippen molar-refractivity contribution in [3.63, 3.8) is 0 Å². The number of aromatic nitrogens is 4. The van der Waals surface area contributed by atoms with E-state index in [0.29, 0.717) is 29.8 Å². The molecule has 0 unspecified atom stereocenters. The first kappa shape index (κ1) is 24.5. The zero-order valence-corrected chi connectivity index (χ0v) is 18.4. The Morgan fingerprint density at radius 1 is 1.18 bits per heavy atom. The van der Waals surface area contributed by atoms with Gasteiger partial charge >= 0.3 is 7.60 Å². The topological polar surface area (TPSA) is 140 Å². The lowest BCUT2D eigenvalue weighted by Crippen LogP contribution is -2.36. The van der Waals surface area contributed by atoms with E-state index in [-0.39, 0.29) is 5.82 Å². The van der Waals surface area contributed by atoms with Crippen LogP contribution in [-0.4, -0.2) is 65.3 Å². The van der Waals surface area contributed by atoms with Crippen molar-refractivity contribution in [1.29, 1.82) is 0 Å². The molecule has 0 saturated carbocycles. The summed E-state index contributed by atoms with van der Waals surface area (Å²) >= 11 is 0. The van der Waals surface area contributed by atoms with Gasteiger partial charge in [0.05, 0.1) is 19.0 Å². The summed E-state index contributed by atoms with van der Waals surface area (Å²) in [5.74, 6) is 0.285. The molecule has 0 aliphatic heterocycles. The largest absolute Gasteiger partial charge is 0.382 e. The summed E-state index contributed by atoms with van der Waals surface area (Å²) in [6.45, 7) is 14.4. The quantitative estimate of drug-likeness (QED) is 0.552. The monoisotopic (exact) mass is 416 g/mol. The standard InChI is InChI=1S/C9H14N5O4P.C8H19N/c1-6(18-5-19(15,16)17)2-14-4-13-7-8(10)11-3-12-9(7)14;1-6-9(7(2)3)8(4)5/h3-4,6H,2,5H2,1H3,(H2,10,11,12)(H2,15,16,17);7-8H,6H2,1-5H3/t6-;/m1./s1. The van der Waals surface area contributed by atoms with Gasteiger partial charge < -0.3 is 24.8 Å². The second kappa shape index (κ2) is 10.8. The third-order valence-corrected chi connectivity index (χ3v) is 4.59. The van der Waals surface area contributed by atoms with Crippen molar-refractivity contribution in [1.82, 2.24) is 24.4 Å². The number of imidazole rings is 1. The summed E-state index contributed by atoms with van der Waals surface area (Å²) in [5, 5.41) is 0. The van der Waals surface area contributed by atoms with Gasteiger partial charge in [0.15, 0.2) is 11.5 Å². The van der Waals surface area contributed by atoms with Crippen molar-refractivity contribution in [2.45, 2.75) is 66.3 Å². The van der Waals surface area contributed by atoms with Crippen LogP contribution in [0.25, 0.3) is 11.2 Å². The second-order valence-electron chi connectivity index (χ2n) is 7.12. The maximum absolute atomic E-state index is 10.7. The van der Waals surface area contributed by atoms with Crippen LogP contribution in [-0.2, 0) is 15.8 Å². The molecule has 2 aromatic rings. The molecule has 160 valence electrons. The smallest absolute Gasteiger partial charge is 0.350 e. The molecule has 2 aromatic heterocycles. The van der Waals surface area contributed by atoms with Crippen LogP contribution in [0.4, 0.5) is 5.82 Å². The molecular weight excluding hydrogens is 383 g/mol. The Morgan fingerprint density at radius 2 is 1.79 bits per heavy atom. The summed E-state index contributed by atoms with van der Waals surface area (Å²) in [4.78, 5) is 31.9. The molecule has 0 fully saturated rings. The highest BCUT2D eigenvalue weighted by molar-refractivity contribution is 7.51. The molecule has 0 aliphatic carbocycles. The molecule has 0 aromatic carbocycles. The van der Waals surface area contributed by atoms with Gasteiger partial charge in [-0.05, 0) is 41.2 Å². The third-order valence-electron chi connectivity index (χ3n) is 4.10. The zero-order valence-electron chi connectivity index (χ0n) is 17.5. The van der Waals surface area contributed by atoms with E-state index >= 15 is 0 Å². The van der Waals surface area contributed by atoms with Crippen LogP contribution in [0.2, 0.25) is 0 Å². The van der Waals surface area contributed by atoms with Crippen molar-refractivity contribution >= 4 is 24.6 Å². The van der Waals surface area contributed by atoms with Crippen LogP contribution in [0.1, 0.15) is 41.5 Å². The van der Waals surface area contributed by atoms with Crippen LogP contribution in [0, 0.1) is 0 Å². The van der Waals surface area contributed by atoms with Crippen molar-refractivity contribution in [3.05, 3.63) is 12.7 Å². The number of nitrogen functional groups attached to an aromatic ring is 1. The normalized spacial score (nSPS) is 13.2. The van der Waals surface area contributed by atoms with Gasteiger partial charge in [0.1, 0.15) is 18.2 Å². The molecule has 11 heteroatoms. The molecule has 2 rings (SSSR count). The first-order chi connectivity index (χ1) is 13.0. The lowest BCUT2D eigenvalue weighted by Gasteiger charge is -2.28. The van der Waals surface area contributed by atoms with E-state index in [2.05, 4.69) is 54.5 Å². The second-order valence-corrected chi connectivity index (χ2v) is 8.70. The predicted molar refractivity (Wildman–Crippen MR) is 110 cm³/mol. The molecule has 0 radical (unpaired) electrons. The lowest BCUT2D eigenvalue weighted by atomic mass is 10.2. The summed E-state index contributed by atoms with van der Waals surface area (Å²) < 4.78 is 17.5.